The maximum Gasteiger partial charge on any atom is 0.309 e. The number of aliphatic hydroxyl groups is 1. The van der Waals surface area contributed by atoms with E-state index in [0.29, 0.717) is 18.8 Å². The van der Waals surface area contributed by atoms with Gasteiger partial charge in [0.05, 0.1) is 11.5 Å². The summed E-state index contributed by atoms with van der Waals surface area (Å²) in [4.78, 5) is 11.5. The minimum absolute atomic E-state index is 0.391. The van der Waals surface area contributed by atoms with Crippen LogP contribution in [-0.4, -0.2) is 22.3 Å². The molecule has 1 aliphatic rings. The van der Waals surface area contributed by atoms with Gasteiger partial charge in [-0.2, -0.15) is 0 Å². The van der Waals surface area contributed by atoms with Gasteiger partial charge < -0.3 is 10.2 Å². The maximum absolute atomic E-state index is 11.5. The molecule has 1 saturated carbocycles. The van der Waals surface area contributed by atoms with Gasteiger partial charge in [-0.3, -0.25) is 4.79 Å². The minimum Gasteiger partial charge on any atom is -0.481 e. The quantitative estimate of drug-likeness (QED) is 0.760. The highest BCUT2D eigenvalue weighted by Gasteiger charge is 2.42. The van der Waals surface area contributed by atoms with Gasteiger partial charge in [0.2, 0.25) is 0 Å². The van der Waals surface area contributed by atoms with Crippen LogP contribution in [0.5, 0.6) is 0 Å². The van der Waals surface area contributed by atoms with Crippen LogP contribution in [0.15, 0.2) is 0 Å². The Morgan fingerprint density at radius 3 is 2.75 bits per heavy atom. The Morgan fingerprint density at radius 1 is 1.56 bits per heavy atom. The molecule has 16 heavy (non-hydrogen) atoms. The van der Waals surface area contributed by atoms with Crippen LogP contribution in [0.2, 0.25) is 0 Å². The molecule has 0 radical (unpaired) electrons. The molecule has 0 heterocycles. The Labute approximate surface area is 97.9 Å². The summed E-state index contributed by atoms with van der Waals surface area (Å²) in [6.07, 6.45) is 5.67. The van der Waals surface area contributed by atoms with Gasteiger partial charge in [0.25, 0.3) is 0 Å². The van der Waals surface area contributed by atoms with Crippen molar-refractivity contribution in [2.75, 3.05) is 0 Å². The number of carboxylic acids is 1. The number of aliphatic hydroxyl groups excluding tert-OH is 1. The van der Waals surface area contributed by atoms with Crippen molar-refractivity contribution in [3.63, 3.8) is 0 Å². The van der Waals surface area contributed by atoms with Crippen molar-refractivity contribution in [3.05, 3.63) is 0 Å². The second-order valence-electron chi connectivity index (χ2n) is 5.34. The van der Waals surface area contributed by atoms with Crippen LogP contribution in [0.3, 0.4) is 0 Å². The summed E-state index contributed by atoms with van der Waals surface area (Å²) in [6, 6.07) is 0. The predicted molar refractivity (Wildman–Crippen MR) is 63.2 cm³/mol. The Balaban J connectivity index is 2.67. The van der Waals surface area contributed by atoms with Gasteiger partial charge in [0.1, 0.15) is 0 Å². The average molecular weight is 228 g/mol. The van der Waals surface area contributed by atoms with Crippen LogP contribution in [-0.2, 0) is 4.79 Å². The zero-order valence-corrected chi connectivity index (χ0v) is 10.4. The number of rotatable bonds is 5. The first-order valence-corrected chi connectivity index (χ1v) is 6.41. The number of carbonyl (C=O) groups is 1. The Morgan fingerprint density at radius 2 is 2.25 bits per heavy atom. The topological polar surface area (TPSA) is 57.5 Å². The Kier molecular flexibility index (Phi) is 4.78. The molecule has 0 aliphatic heterocycles. The molecule has 2 N–H and O–H groups in total. The van der Waals surface area contributed by atoms with Crippen molar-refractivity contribution in [2.24, 2.45) is 11.3 Å². The summed E-state index contributed by atoms with van der Waals surface area (Å²) < 4.78 is 0. The molecule has 0 aromatic heterocycles. The van der Waals surface area contributed by atoms with E-state index < -0.39 is 17.5 Å². The highest BCUT2D eigenvalue weighted by Crippen LogP contribution is 2.44. The van der Waals surface area contributed by atoms with Crippen molar-refractivity contribution in [1.29, 1.82) is 0 Å². The third kappa shape index (κ3) is 3.21. The van der Waals surface area contributed by atoms with Gasteiger partial charge in [-0.05, 0) is 38.5 Å². The zero-order chi connectivity index (χ0) is 12.2. The van der Waals surface area contributed by atoms with Crippen LogP contribution in [0.25, 0.3) is 0 Å². The highest BCUT2D eigenvalue weighted by molar-refractivity contribution is 5.74. The lowest BCUT2D eigenvalue weighted by molar-refractivity contribution is -0.153. The van der Waals surface area contributed by atoms with E-state index in [1.807, 2.05) is 0 Å². The smallest absolute Gasteiger partial charge is 0.309 e. The van der Waals surface area contributed by atoms with Crippen molar-refractivity contribution in [1.82, 2.24) is 0 Å². The zero-order valence-electron chi connectivity index (χ0n) is 10.4. The van der Waals surface area contributed by atoms with Gasteiger partial charge in [-0.15, -0.1) is 0 Å². The molecule has 0 aromatic carbocycles. The lowest BCUT2D eigenvalue weighted by Crippen LogP contribution is -2.37. The molecule has 1 rings (SSSR count). The normalized spacial score (nSPS) is 32.3. The van der Waals surface area contributed by atoms with Crippen LogP contribution >= 0.6 is 0 Å². The van der Waals surface area contributed by atoms with E-state index in [4.69, 9.17) is 0 Å². The second-order valence-corrected chi connectivity index (χ2v) is 5.34. The lowest BCUT2D eigenvalue weighted by Gasteiger charge is -2.37. The first-order chi connectivity index (χ1) is 7.50. The van der Waals surface area contributed by atoms with E-state index in [1.165, 1.54) is 6.42 Å². The van der Waals surface area contributed by atoms with E-state index >= 15 is 0 Å². The maximum atomic E-state index is 11.5. The summed E-state index contributed by atoms with van der Waals surface area (Å²) in [5.41, 5.74) is -0.560. The Hall–Kier alpha value is -0.570. The van der Waals surface area contributed by atoms with Crippen LogP contribution in [0.4, 0.5) is 0 Å². The second kappa shape index (κ2) is 5.67. The predicted octanol–water partition coefficient (Wildman–Crippen LogP) is 2.82. The molecule has 0 bridgehead atoms. The molecule has 1 aliphatic carbocycles. The summed E-state index contributed by atoms with van der Waals surface area (Å²) in [7, 11) is 0. The number of hydrogen-bond donors (Lipinski definition) is 2. The van der Waals surface area contributed by atoms with Gasteiger partial charge in [0.15, 0.2) is 0 Å². The molecule has 1 fully saturated rings. The van der Waals surface area contributed by atoms with Gasteiger partial charge >= 0.3 is 5.97 Å². The average Bonchev–Trinajstić information content (AvgIpc) is 2.26. The molecule has 3 nitrogen and oxygen atoms in total. The van der Waals surface area contributed by atoms with Crippen molar-refractivity contribution in [2.45, 2.75) is 64.9 Å². The van der Waals surface area contributed by atoms with Crippen LogP contribution < -0.4 is 0 Å². The summed E-state index contributed by atoms with van der Waals surface area (Å²) in [5.74, 6) is -0.106. The molecular formula is C13H24O3. The van der Waals surface area contributed by atoms with E-state index in [0.717, 1.165) is 25.7 Å². The number of carboxylic acid groups (broad SMARTS) is 1. The molecule has 3 atom stereocenters. The number of hydrogen-bond acceptors (Lipinski definition) is 2. The molecule has 0 spiro atoms. The lowest BCUT2D eigenvalue weighted by atomic mass is 9.66. The monoisotopic (exact) mass is 228 g/mol. The SMILES string of the molecule is CCC1CCCC(CCC(C)O)(C(=O)O)C1. The molecule has 3 heteroatoms. The van der Waals surface area contributed by atoms with Crippen LogP contribution in [0, 0.1) is 11.3 Å². The summed E-state index contributed by atoms with van der Waals surface area (Å²) >= 11 is 0. The first-order valence-electron chi connectivity index (χ1n) is 6.41. The van der Waals surface area contributed by atoms with Crippen molar-refractivity contribution in [3.8, 4) is 0 Å². The van der Waals surface area contributed by atoms with E-state index in [-0.39, 0.29) is 0 Å². The molecule has 0 saturated heterocycles. The molecule has 0 aromatic rings. The number of aliphatic carboxylic acids is 1. The third-order valence-corrected chi connectivity index (χ3v) is 4.02. The fourth-order valence-corrected chi connectivity index (χ4v) is 2.85. The standard InChI is InChI=1S/C13H24O3/c1-3-11-5-4-7-13(9-11,12(15)16)8-6-10(2)14/h10-11,14H,3-9H2,1-2H3,(H,15,16). The fourth-order valence-electron chi connectivity index (χ4n) is 2.85. The molecule has 94 valence electrons. The molecular weight excluding hydrogens is 204 g/mol. The van der Waals surface area contributed by atoms with Gasteiger partial charge in [-0.1, -0.05) is 26.2 Å². The summed E-state index contributed by atoms with van der Waals surface area (Å²) in [6.45, 7) is 3.87. The van der Waals surface area contributed by atoms with E-state index in [9.17, 15) is 15.0 Å². The van der Waals surface area contributed by atoms with Crippen molar-refractivity contribution >= 4 is 5.97 Å². The first kappa shape index (κ1) is 13.5. The van der Waals surface area contributed by atoms with Gasteiger partial charge in [0, 0.05) is 0 Å². The Bertz CT molecular complexity index is 237. The third-order valence-electron chi connectivity index (χ3n) is 4.02. The fraction of sp³-hybridized carbons (Fsp3) is 0.923. The van der Waals surface area contributed by atoms with Crippen molar-refractivity contribution < 1.29 is 15.0 Å². The summed E-state index contributed by atoms with van der Waals surface area (Å²) in [5, 5.41) is 18.7. The van der Waals surface area contributed by atoms with E-state index in [2.05, 4.69) is 6.92 Å². The highest BCUT2D eigenvalue weighted by atomic mass is 16.4. The largest absolute Gasteiger partial charge is 0.481 e. The van der Waals surface area contributed by atoms with Crippen LogP contribution in [0.1, 0.15) is 58.8 Å². The van der Waals surface area contributed by atoms with Gasteiger partial charge in [-0.25, -0.2) is 0 Å². The van der Waals surface area contributed by atoms with E-state index in [1.54, 1.807) is 6.92 Å². The molecule has 0 amide bonds. The molecule has 3 unspecified atom stereocenters. The minimum atomic E-state index is -0.661.